The third-order valence-electron chi connectivity index (χ3n) is 2.98. The lowest BCUT2D eigenvalue weighted by Crippen LogP contribution is -1.95. The molecule has 2 aromatic carbocycles. The van der Waals surface area contributed by atoms with E-state index in [0.29, 0.717) is 0 Å². The molecule has 0 N–H and O–H groups in total. The van der Waals surface area contributed by atoms with Gasteiger partial charge in [-0.3, -0.25) is 0 Å². The fourth-order valence-electron chi connectivity index (χ4n) is 2.07. The zero-order valence-electron chi connectivity index (χ0n) is 10.0. The maximum Gasteiger partial charge on any atom is -0.00230 e. The number of hydrogen-bond acceptors (Lipinski definition) is 0. The van der Waals surface area contributed by atoms with Crippen LogP contribution in [0.5, 0.6) is 0 Å². The molecule has 0 radical (unpaired) electrons. The molecule has 0 aliphatic rings. The topological polar surface area (TPSA) is 0 Å². The third kappa shape index (κ3) is 2.52. The molecule has 0 aliphatic carbocycles. The lowest BCUT2D eigenvalue weighted by molar-refractivity contribution is 1.05. The zero-order valence-corrected chi connectivity index (χ0v) is 10.0. The Morgan fingerprint density at radius 3 is 2.31 bits per heavy atom. The minimum atomic E-state index is 1.05. The number of hydrogen-bond donors (Lipinski definition) is 0. The van der Waals surface area contributed by atoms with Gasteiger partial charge in [-0.25, -0.2) is 0 Å². The van der Waals surface area contributed by atoms with Gasteiger partial charge in [-0.05, 0) is 36.5 Å². The van der Waals surface area contributed by atoms with Crippen molar-refractivity contribution in [2.45, 2.75) is 26.7 Å². The van der Waals surface area contributed by atoms with E-state index >= 15 is 0 Å². The Balaban J connectivity index is 2.28. The first-order chi connectivity index (χ1) is 7.79. The van der Waals surface area contributed by atoms with E-state index in [4.69, 9.17) is 0 Å². The largest absolute Gasteiger partial charge is 0.0622 e. The van der Waals surface area contributed by atoms with Crippen molar-refractivity contribution in [3.05, 3.63) is 70.8 Å². The number of rotatable bonds is 3. The van der Waals surface area contributed by atoms with Gasteiger partial charge in [0.25, 0.3) is 0 Å². The SMILES string of the molecule is CCc1cc(C)ccc1Cc1ccccc1. The van der Waals surface area contributed by atoms with Crippen LogP contribution in [0.4, 0.5) is 0 Å². The molecule has 0 nitrogen and oxygen atoms in total. The van der Waals surface area contributed by atoms with Crippen LogP contribution in [0.25, 0.3) is 0 Å². The maximum atomic E-state index is 2.30. The second-order valence-corrected chi connectivity index (χ2v) is 4.29. The highest BCUT2D eigenvalue weighted by atomic mass is 14.1. The Morgan fingerprint density at radius 1 is 0.875 bits per heavy atom. The summed E-state index contributed by atoms with van der Waals surface area (Å²) >= 11 is 0. The predicted molar refractivity (Wildman–Crippen MR) is 69.8 cm³/mol. The van der Waals surface area contributed by atoms with Crippen LogP contribution < -0.4 is 0 Å². The van der Waals surface area contributed by atoms with E-state index in [0.717, 1.165) is 12.8 Å². The molecule has 16 heavy (non-hydrogen) atoms. The molecule has 2 aromatic rings. The molecule has 0 saturated heterocycles. The fraction of sp³-hybridized carbons (Fsp3) is 0.250. The van der Waals surface area contributed by atoms with Gasteiger partial charge in [-0.2, -0.15) is 0 Å². The van der Waals surface area contributed by atoms with Gasteiger partial charge >= 0.3 is 0 Å². The summed E-state index contributed by atoms with van der Waals surface area (Å²) in [4.78, 5) is 0. The van der Waals surface area contributed by atoms with E-state index in [-0.39, 0.29) is 0 Å². The van der Waals surface area contributed by atoms with Crippen molar-refractivity contribution in [3.8, 4) is 0 Å². The maximum absolute atomic E-state index is 2.30. The average Bonchev–Trinajstić information content (AvgIpc) is 2.33. The van der Waals surface area contributed by atoms with Gasteiger partial charge in [0.05, 0.1) is 0 Å². The minimum absolute atomic E-state index is 1.05. The zero-order chi connectivity index (χ0) is 11.4. The standard InChI is InChI=1S/C16H18/c1-3-15-11-13(2)9-10-16(15)12-14-7-5-4-6-8-14/h4-11H,3,12H2,1-2H3. The van der Waals surface area contributed by atoms with Gasteiger partial charge in [0.1, 0.15) is 0 Å². The van der Waals surface area contributed by atoms with Crippen LogP contribution in [0, 0.1) is 6.92 Å². The summed E-state index contributed by atoms with van der Waals surface area (Å²) in [6.45, 7) is 4.38. The van der Waals surface area contributed by atoms with Crippen molar-refractivity contribution in [2.24, 2.45) is 0 Å². The molecule has 0 fully saturated rings. The molecular formula is C16H18. The Kier molecular flexibility index (Phi) is 3.40. The van der Waals surface area contributed by atoms with E-state index in [1.807, 2.05) is 0 Å². The molecule has 0 saturated carbocycles. The molecule has 0 aromatic heterocycles. The van der Waals surface area contributed by atoms with Crippen molar-refractivity contribution in [3.63, 3.8) is 0 Å². The van der Waals surface area contributed by atoms with E-state index in [1.54, 1.807) is 0 Å². The van der Waals surface area contributed by atoms with Crippen LogP contribution >= 0.6 is 0 Å². The normalized spacial score (nSPS) is 10.4. The highest BCUT2D eigenvalue weighted by molar-refractivity contribution is 5.35. The summed E-state index contributed by atoms with van der Waals surface area (Å²) in [6, 6.07) is 17.4. The molecule has 0 bridgehead atoms. The Hall–Kier alpha value is -1.56. The molecule has 82 valence electrons. The fourth-order valence-corrected chi connectivity index (χ4v) is 2.07. The smallest absolute Gasteiger partial charge is 0.00230 e. The molecule has 0 spiro atoms. The summed E-state index contributed by atoms with van der Waals surface area (Å²) < 4.78 is 0. The van der Waals surface area contributed by atoms with Gasteiger partial charge in [0.15, 0.2) is 0 Å². The van der Waals surface area contributed by atoms with Crippen LogP contribution in [0.15, 0.2) is 48.5 Å². The molecule has 0 atom stereocenters. The summed E-state index contributed by atoms with van der Waals surface area (Å²) in [7, 11) is 0. The number of aryl methyl sites for hydroxylation is 2. The highest BCUT2D eigenvalue weighted by Gasteiger charge is 2.02. The number of benzene rings is 2. The van der Waals surface area contributed by atoms with Crippen molar-refractivity contribution >= 4 is 0 Å². The van der Waals surface area contributed by atoms with Crippen LogP contribution in [-0.2, 0) is 12.8 Å². The molecule has 0 heteroatoms. The van der Waals surface area contributed by atoms with Gasteiger partial charge in [0, 0.05) is 0 Å². The molecular weight excluding hydrogens is 192 g/mol. The van der Waals surface area contributed by atoms with E-state index in [9.17, 15) is 0 Å². The molecule has 2 rings (SSSR count). The van der Waals surface area contributed by atoms with E-state index in [1.165, 1.54) is 22.3 Å². The molecule has 0 amide bonds. The summed E-state index contributed by atoms with van der Waals surface area (Å²) in [5.74, 6) is 0. The minimum Gasteiger partial charge on any atom is -0.0622 e. The molecule has 0 aliphatic heterocycles. The van der Waals surface area contributed by atoms with Crippen LogP contribution in [0.1, 0.15) is 29.2 Å². The van der Waals surface area contributed by atoms with Crippen molar-refractivity contribution in [1.29, 1.82) is 0 Å². The lowest BCUT2D eigenvalue weighted by Gasteiger charge is -2.09. The first-order valence-electron chi connectivity index (χ1n) is 5.92. The first-order valence-corrected chi connectivity index (χ1v) is 5.92. The van der Waals surface area contributed by atoms with Gasteiger partial charge in [-0.1, -0.05) is 61.0 Å². The Bertz CT molecular complexity index is 455. The summed E-state index contributed by atoms with van der Waals surface area (Å²) in [6.07, 6.45) is 2.16. The van der Waals surface area contributed by atoms with E-state index < -0.39 is 0 Å². The van der Waals surface area contributed by atoms with Crippen molar-refractivity contribution in [1.82, 2.24) is 0 Å². The first kappa shape index (κ1) is 10.9. The Labute approximate surface area is 97.9 Å². The average molecular weight is 210 g/mol. The van der Waals surface area contributed by atoms with Gasteiger partial charge in [0.2, 0.25) is 0 Å². The quantitative estimate of drug-likeness (QED) is 0.714. The second kappa shape index (κ2) is 4.98. The summed E-state index contributed by atoms with van der Waals surface area (Å²) in [5, 5.41) is 0. The molecule has 0 heterocycles. The van der Waals surface area contributed by atoms with Gasteiger partial charge < -0.3 is 0 Å². The highest BCUT2D eigenvalue weighted by Crippen LogP contribution is 2.16. The van der Waals surface area contributed by atoms with E-state index in [2.05, 4.69) is 62.4 Å². The van der Waals surface area contributed by atoms with Crippen molar-refractivity contribution in [2.75, 3.05) is 0 Å². The van der Waals surface area contributed by atoms with Crippen LogP contribution in [0.3, 0.4) is 0 Å². The third-order valence-corrected chi connectivity index (χ3v) is 2.98. The Morgan fingerprint density at radius 2 is 1.62 bits per heavy atom. The van der Waals surface area contributed by atoms with Crippen molar-refractivity contribution < 1.29 is 0 Å². The second-order valence-electron chi connectivity index (χ2n) is 4.29. The predicted octanol–water partition coefficient (Wildman–Crippen LogP) is 4.15. The molecule has 0 unspecified atom stereocenters. The van der Waals surface area contributed by atoms with Crippen LogP contribution in [0.2, 0.25) is 0 Å². The van der Waals surface area contributed by atoms with Gasteiger partial charge in [-0.15, -0.1) is 0 Å². The summed E-state index contributed by atoms with van der Waals surface area (Å²) in [5.41, 5.74) is 5.68. The van der Waals surface area contributed by atoms with Crippen LogP contribution in [-0.4, -0.2) is 0 Å². The monoisotopic (exact) mass is 210 g/mol. The lowest BCUT2D eigenvalue weighted by atomic mass is 9.97.